The van der Waals surface area contributed by atoms with E-state index in [1.165, 1.54) is 11.8 Å². The average molecular weight is 560 g/mol. The maximum Gasteiger partial charge on any atom is 0.327 e. The van der Waals surface area contributed by atoms with Crippen molar-refractivity contribution in [2.24, 2.45) is 0 Å². The van der Waals surface area contributed by atoms with Gasteiger partial charge < -0.3 is 25.0 Å². The molecule has 3 aliphatic heterocycles. The zero-order valence-corrected chi connectivity index (χ0v) is 23.7. The van der Waals surface area contributed by atoms with E-state index in [0.717, 1.165) is 53.5 Å². The molecule has 0 bridgehead atoms. The number of carbonyl (C=O) groups excluding carboxylic acids is 2. The van der Waals surface area contributed by atoms with Crippen LogP contribution in [0, 0.1) is 6.92 Å². The normalized spacial score (nSPS) is 21.9. The third kappa shape index (κ3) is 4.97. The summed E-state index contributed by atoms with van der Waals surface area (Å²) in [5, 5.41) is 6.64. The Labute approximate surface area is 238 Å². The van der Waals surface area contributed by atoms with Gasteiger partial charge in [0.1, 0.15) is 16.0 Å². The molecule has 9 nitrogen and oxygen atoms in total. The van der Waals surface area contributed by atoms with Gasteiger partial charge in [0.25, 0.3) is 0 Å². The molecule has 1 aromatic heterocycles. The topological polar surface area (TPSA) is 96.0 Å². The Balaban J connectivity index is 1.25. The van der Waals surface area contributed by atoms with Gasteiger partial charge in [-0.15, -0.1) is 0 Å². The van der Waals surface area contributed by atoms with E-state index >= 15 is 0 Å². The van der Waals surface area contributed by atoms with Gasteiger partial charge in [-0.3, -0.25) is 9.69 Å². The van der Waals surface area contributed by atoms with Crippen LogP contribution >= 0.6 is 11.8 Å². The van der Waals surface area contributed by atoms with Gasteiger partial charge in [-0.05, 0) is 82.2 Å². The number of nitrogens with one attached hydrogen (secondary N) is 2. The molecule has 0 radical (unpaired) electrons. The fourth-order valence-electron chi connectivity index (χ4n) is 5.71. The second kappa shape index (κ2) is 11.0. The number of ether oxygens (including phenoxy) is 2. The first-order valence-corrected chi connectivity index (χ1v) is 14.6. The van der Waals surface area contributed by atoms with Crippen LogP contribution in [0.15, 0.2) is 59.8 Å². The van der Waals surface area contributed by atoms with Crippen LogP contribution in [0.1, 0.15) is 36.9 Å². The van der Waals surface area contributed by atoms with Gasteiger partial charge in [0, 0.05) is 24.3 Å². The molecule has 2 unspecified atom stereocenters. The van der Waals surface area contributed by atoms with Crippen LogP contribution in [-0.2, 0) is 4.79 Å². The molecule has 0 aliphatic carbocycles. The van der Waals surface area contributed by atoms with Crippen molar-refractivity contribution >= 4 is 35.1 Å². The van der Waals surface area contributed by atoms with E-state index in [1.54, 1.807) is 11.1 Å². The van der Waals surface area contributed by atoms with E-state index < -0.39 is 11.3 Å². The summed E-state index contributed by atoms with van der Waals surface area (Å²) >= 11 is 1.42. The van der Waals surface area contributed by atoms with E-state index in [-0.39, 0.29) is 18.0 Å². The summed E-state index contributed by atoms with van der Waals surface area (Å²) in [4.78, 5) is 35.5. The molecule has 6 rings (SSSR count). The molecule has 0 spiro atoms. The smallest absolute Gasteiger partial charge is 0.327 e. The molecule has 3 amide bonds. The highest BCUT2D eigenvalue weighted by atomic mass is 32.2. The van der Waals surface area contributed by atoms with Crippen molar-refractivity contribution in [2.45, 2.75) is 49.0 Å². The van der Waals surface area contributed by atoms with Crippen LogP contribution in [0.2, 0.25) is 0 Å². The number of likely N-dealkylation sites (tertiary alicyclic amines) is 1. The minimum absolute atomic E-state index is 0.0574. The lowest BCUT2D eigenvalue weighted by molar-refractivity contribution is -0.122. The molecule has 4 heterocycles. The number of likely N-dealkylation sites (N-methyl/N-ethyl adjacent to an activating group) is 1. The Morgan fingerprint density at radius 3 is 2.77 bits per heavy atom. The molecule has 3 atom stereocenters. The van der Waals surface area contributed by atoms with Gasteiger partial charge in [0.2, 0.25) is 5.91 Å². The molecule has 0 saturated carbocycles. The summed E-state index contributed by atoms with van der Waals surface area (Å²) in [7, 11) is 2.07. The number of nitrogens with zero attached hydrogens (tertiary/aromatic N) is 3. The van der Waals surface area contributed by atoms with Crippen molar-refractivity contribution in [2.75, 3.05) is 31.6 Å². The molecule has 3 aromatic rings. The highest BCUT2D eigenvalue weighted by Gasteiger charge is 2.47. The Kier molecular flexibility index (Phi) is 7.29. The number of amides is 3. The maximum absolute atomic E-state index is 13.6. The molecule has 3 aliphatic rings. The second-order valence-electron chi connectivity index (χ2n) is 10.4. The standard InChI is InChI=1S/C30H33N5O4S/c1-4-38-23-9-5-6-10-24(23)39-20-11-12-21(18(2)16-20)35-22-13-14-31-29-25(22)26(33-30(35)37)27(40-29)28(36)32-19-8-7-15-34(3)17-19/h5-6,9-14,16,19,26-27H,4,7-8,15,17H2,1-3H3,(H,32,36)(H,33,37)/t19?,26?,27-/m1/s1. The van der Waals surface area contributed by atoms with Crippen LogP contribution in [0.25, 0.3) is 0 Å². The number of aromatic nitrogens is 1. The first-order valence-electron chi connectivity index (χ1n) is 13.7. The Morgan fingerprint density at radius 2 is 2.00 bits per heavy atom. The molecule has 208 valence electrons. The van der Waals surface area contributed by atoms with Crippen LogP contribution in [0.5, 0.6) is 17.2 Å². The minimum atomic E-state index is -0.468. The van der Waals surface area contributed by atoms with Gasteiger partial charge >= 0.3 is 6.03 Å². The monoisotopic (exact) mass is 559 g/mol. The van der Waals surface area contributed by atoms with Crippen molar-refractivity contribution in [3.8, 4) is 17.2 Å². The maximum atomic E-state index is 13.6. The number of rotatable bonds is 7. The van der Waals surface area contributed by atoms with Crippen molar-refractivity contribution < 1.29 is 19.1 Å². The molecule has 2 aromatic carbocycles. The van der Waals surface area contributed by atoms with E-state index in [9.17, 15) is 9.59 Å². The van der Waals surface area contributed by atoms with Crippen molar-refractivity contribution in [1.29, 1.82) is 0 Å². The Bertz CT molecular complexity index is 1450. The third-order valence-corrected chi connectivity index (χ3v) is 8.81. The third-order valence-electron chi connectivity index (χ3n) is 7.52. The fourth-order valence-corrected chi connectivity index (χ4v) is 6.95. The number of piperidine rings is 1. The lowest BCUT2D eigenvalue weighted by atomic mass is 9.98. The Morgan fingerprint density at radius 1 is 1.18 bits per heavy atom. The van der Waals surface area contributed by atoms with E-state index in [4.69, 9.17) is 9.47 Å². The number of benzene rings is 2. The summed E-state index contributed by atoms with van der Waals surface area (Å²) in [6.07, 6.45) is 3.73. The molecular weight excluding hydrogens is 526 g/mol. The number of aryl methyl sites for hydroxylation is 1. The molecule has 10 heteroatoms. The summed E-state index contributed by atoms with van der Waals surface area (Å²) in [5.41, 5.74) is 3.24. The number of anilines is 2. The summed E-state index contributed by atoms with van der Waals surface area (Å²) in [6.45, 7) is 6.30. The first-order chi connectivity index (χ1) is 19.4. The second-order valence-corrected chi connectivity index (χ2v) is 11.5. The number of carbonyl (C=O) groups is 2. The molecule has 1 fully saturated rings. The van der Waals surface area contributed by atoms with Gasteiger partial charge in [-0.25, -0.2) is 9.78 Å². The van der Waals surface area contributed by atoms with Crippen molar-refractivity contribution in [3.05, 3.63) is 65.9 Å². The van der Waals surface area contributed by atoms with E-state index in [2.05, 4.69) is 27.6 Å². The van der Waals surface area contributed by atoms with Crippen LogP contribution in [0.4, 0.5) is 16.2 Å². The van der Waals surface area contributed by atoms with E-state index in [1.807, 2.05) is 62.4 Å². The van der Waals surface area contributed by atoms with Crippen LogP contribution in [0.3, 0.4) is 0 Å². The summed E-state index contributed by atoms with van der Waals surface area (Å²) in [6, 6.07) is 14.4. The molecular formula is C30H33N5O4S. The number of urea groups is 1. The molecule has 40 heavy (non-hydrogen) atoms. The Hall–Kier alpha value is -3.76. The highest BCUT2D eigenvalue weighted by Crippen LogP contribution is 2.51. The fraction of sp³-hybridized carbons (Fsp3) is 0.367. The zero-order valence-electron chi connectivity index (χ0n) is 22.8. The molecule has 1 saturated heterocycles. The van der Waals surface area contributed by atoms with E-state index in [0.29, 0.717) is 23.9 Å². The van der Waals surface area contributed by atoms with Gasteiger partial charge in [0.05, 0.1) is 24.0 Å². The minimum Gasteiger partial charge on any atom is -0.490 e. The first kappa shape index (κ1) is 26.5. The van der Waals surface area contributed by atoms with Crippen LogP contribution in [-0.4, -0.2) is 59.9 Å². The summed E-state index contributed by atoms with van der Waals surface area (Å²) in [5.74, 6) is 1.89. The van der Waals surface area contributed by atoms with Crippen molar-refractivity contribution in [3.63, 3.8) is 0 Å². The number of hydrogen-bond acceptors (Lipinski definition) is 7. The average Bonchev–Trinajstić information content (AvgIpc) is 3.30. The number of pyridine rings is 1. The highest BCUT2D eigenvalue weighted by molar-refractivity contribution is 8.01. The number of hydrogen-bond donors (Lipinski definition) is 2. The summed E-state index contributed by atoms with van der Waals surface area (Å²) < 4.78 is 11.8. The lowest BCUT2D eigenvalue weighted by Crippen LogP contribution is -2.52. The SMILES string of the molecule is CCOc1ccccc1Oc1ccc(N2C(=O)NC3c4c2ccnc4S[C@H]3C(=O)NC2CCCN(C)C2)c(C)c1. The number of para-hydroxylation sites is 2. The predicted molar refractivity (Wildman–Crippen MR) is 155 cm³/mol. The van der Waals surface area contributed by atoms with Crippen LogP contribution < -0.4 is 25.0 Å². The zero-order chi connectivity index (χ0) is 27.8. The quantitative estimate of drug-likeness (QED) is 0.412. The van der Waals surface area contributed by atoms with Gasteiger partial charge in [0.15, 0.2) is 11.5 Å². The number of thioether (sulfide) groups is 1. The van der Waals surface area contributed by atoms with Gasteiger partial charge in [-0.1, -0.05) is 23.9 Å². The largest absolute Gasteiger partial charge is 0.490 e. The predicted octanol–water partition coefficient (Wildman–Crippen LogP) is 5.17. The lowest BCUT2D eigenvalue weighted by Gasteiger charge is -2.35. The van der Waals surface area contributed by atoms with Crippen molar-refractivity contribution in [1.82, 2.24) is 20.5 Å². The van der Waals surface area contributed by atoms with Gasteiger partial charge in [-0.2, -0.15) is 0 Å². The molecule has 2 N–H and O–H groups in total.